The molecule has 14 rings (SSSR count). The molecule has 0 radical (unpaired) electrons. The second kappa shape index (κ2) is 12.1. The zero-order chi connectivity index (χ0) is 39.8. The average Bonchev–Trinajstić information content (AvgIpc) is 3.97. The van der Waals surface area contributed by atoms with Crippen molar-refractivity contribution in [3.05, 3.63) is 194 Å². The van der Waals surface area contributed by atoms with E-state index in [1.54, 1.807) is 0 Å². The molecule has 0 aliphatic carbocycles. The Balaban J connectivity index is 1.20. The third kappa shape index (κ3) is 4.44. The van der Waals surface area contributed by atoms with Crippen LogP contribution in [-0.4, -0.2) is 19.1 Å². The highest BCUT2D eigenvalue weighted by Gasteiger charge is 2.26. The summed E-state index contributed by atoms with van der Waals surface area (Å²) in [5, 5.41) is 15.4. The molecule has 0 unspecified atom stereocenters. The summed E-state index contributed by atoms with van der Waals surface area (Å²) >= 11 is 0. The predicted octanol–water partition coefficient (Wildman–Crippen LogP) is 14.8. The summed E-state index contributed by atoms with van der Waals surface area (Å²) in [5.41, 5.74) is 9.22. The zero-order valence-electron chi connectivity index (χ0n) is 32.7. The molecule has 5 nitrogen and oxygen atoms in total. The SMILES string of the molecule is c1ccc(-n2c3ccccc3c3c(-c4nc5oc6ccccc6c5nc4-n4c5cc6ccccc6cc5c5c6c7ccccc7c7ccccc7c6ccc54)cccc32)cc1. The van der Waals surface area contributed by atoms with Crippen molar-refractivity contribution in [2.75, 3.05) is 0 Å². The number of fused-ring (bicyclic) bond motifs is 17. The maximum atomic E-state index is 6.55. The van der Waals surface area contributed by atoms with Crippen molar-refractivity contribution in [1.82, 2.24) is 19.1 Å². The van der Waals surface area contributed by atoms with Crippen LogP contribution in [0.2, 0.25) is 0 Å². The molecule has 5 heteroatoms. The highest BCUT2D eigenvalue weighted by atomic mass is 16.3. The van der Waals surface area contributed by atoms with Gasteiger partial charge in [0.25, 0.3) is 0 Å². The lowest BCUT2D eigenvalue weighted by atomic mass is 9.91. The highest BCUT2D eigenvalue weighted by Crippen LogP contribution is 2.47. The van der Waals surface area contributed by atoms with Crippen LogP contribution in [-0.2, 0) is 0 Å². The van der Waals surface area contributed by atoms with Crippen molar-refractivity contribution in [2.24, 2.45) is 0 Å². The minimum Gasteiger partial charge on any atom is -0.436 e. The Morgan fingerprint density at radius 1 is 0.361 bits per heavy atom. The quantitative estimate of drug-likeness (QED) is 0.168. The molecule has 14 aromatic rings. The molecule has 0 saturated heterocycles. The van der Waals surface area contributed by atoms with Gasteiger partial charge in [0.05, 0.1) is 22.1 Å². The fraction of sp³-hybridized carbons (Fsp3) is 0. The summed E-state index contributed by atoms with van der Waals surface area (Å²) in [4.78, 5) is 11.3. The molecule has 4 heterocycles. The van der Waals surface area contributed by atoms with Crippen LogP contribution in [0.25, 0.3) is 132 Å². The summed E-state index contributed by atoms with van der Waals surface area (Å²) in [6.07, 6.45) is 0. The van der Waals surface area contributed by atoms with Gasteiger partial charge in [0.15, 0.2) is 5.82 Å². The Hall–Kier alpha value is -8.28. The van der Waals surface area contributed by atoms with Crippen LogP contribution in [0, 0.1) is 0 Å². The van der Waals surface area contributed by atoms with E-state index in [0.29, 0.717) is 5.71 Å². The molecule has 0 saturated carbocycles. The van der Waals surface area contributed by atoms with Crippen LogP contribution in [0.15, 0.2) is 199 Å². The molecule has 0 amide bonds. The Kier molecular flexibility index (Phi) is 6.49. The molecule has 61 heavy (non-hydrogen) atoms. The molecule has 4 aromatic heterocycles. The van der Waals surface area contributed by atoms with Crippen LogP contribution in [0.1, 0.15) is 0 Å². The normalized spacial score (nSPS) is 12.3. The Morgan fingerprint density at radius 2 is 0.967 bits per heavy atom. The van der Waals surface area contributed by atoms with Gasteiger partial charge >= 0.3 is 0 Å². The lowest BCUT2D eigenvalue weighted by Gasteiger charge is -2.15. The number of hydrogen-bond donors (Lipinski definition) is 0. The number of aromatic nitrogens is 4. The van der Waals surface area contributed by atoms with Crippen molar-refractivity contribution in [1.29, 1.82) is 0 Å². The van der Waals surface area contributed by atoms with Gasteiger partial charge in [-0.05, 0) is 92.3 Å². The smallest absolute Gasteiger partial charge is 0.247 e. The Bertz CT molecular complexity index is 4140. The van der Waals surface area contributed by atoms with Crippen LogP contribution in [0.5, 0.6) is 0 Å². The lowest BCUT2D eigenvalue weighted by Crippen LogP contribution is -2.03. The van der Waals surface area contributed by atoms with Gasteiger partial charge in [0.1, 0.15) is 16.8 Å². The Morgan fingerprint density at radius 3 is 1.77 bits per heavy atom. The average molecular weight is 777 g/mol. The van der Waals surface area contributed by atoms with Gasteiger partial charge in [-0.15, -0.1) is 0 Å². The van der Waals surface area contributed by atoms with Crippen LogP contribution in [0.3, 0.4) is 0 Å². The van der Waals surface area contributed by atoms with E-state index in [0.717, 1.165) is 77.5 Å². The fourth-order valence-electron chi connectivity index (χ4n) is 10.3. The molecule has 0 aliphatic heterocycles. The van der Waals surface area contributed by atoms with Gasteiger partial charge in [-0.1, -0.05) is 140 Å². The van der Waals surface area contributed by atoms with Gasteiger partial charge in [0.2, 0.25) is 5.71 Å². The molecular weight excluding hydrogens is 745 g/mol. The molecule has 0 fully saturated rings. The molecule has 0 atom stereocenters. The second-order valence-corrected chi connectivity index (χ2v) is 16.1. The molecule has 0 N–H and O–H groups in total. The number of rotatable bonds is 3. The molecule has 10 aromatic carbocycles. The third-order valence-electron chi connectivity index (χ3n) is 12.9. The summed E-state index contributed by atoms with van der Waals surface area (Å²) in [6, 6.07) is 69.6. The largest absolute Gasteiger partial charge is 0.436 e. The minimum atomic E-state index is 0.512. The van der Waals surface area contributed by atoms with E-state index in [4.69, 9.17) is 14.4 Å². The second-order valence-electron chi connectivity index (χ2n) is 16.1. The van der Waals surface area contributed by atoms with E-state index < -0.39 is 0 Å². The van der Waals surface area contributed by atoms with Crippen molar-refractivity contribution in [3.8, 4) is 22.8 Å². The van der Waals surface area contributed by atoms with E-state index >= 15 is 0 Å². The Labute approximate surface area is 347 Å². The first-order valence-electron chi connectivity index (χ1n) is 20.8. The van der Waals surface area contributed by atoms with E-state index in [-0.39, 0.29) is 0 Å². The van der Waals surface area contributed by atoms with E-state index in [9.17, 15) is 0 Å². The van der Waals surface area contributed by atoms with Gasteiger partial charge < -0.3 is 8.98 Å². The summed E-state index contributed by atoms with van der Waals surface area (Å²) < 4.78 is 11.3. The van der Waals surface area contributed by atoms with Gasteiger partial charge in [-0.3, -0.25) is 4.57 Å². The number of nitrogens with zero attached hydrogens (tertiary/aromatic N) is 4. The monoisotopic (exact) mass is 776 g/mol. The van der Waals surface area contributed by atoms with Crippen LogP contribution >= 0.6 is 0 Å². The van der Waals surface area contributed by atoms with Crippen molar-refractivity contribution in [3.63, 3.8) is 0 Å². The summed E-state index contributed by atoms with van der Waals surface area (Å²) in [6.45, 7) is 0. The van der Waals surface area contributed by atoms with Gasteiger partial charge in [0, 0.05) is 43.6 Å². The van der Waals surface area contributed by atoms with Crippen molar-refractivity contribution < 1.29 is 4.42 Å². The first kappa shape index (κ1) is 32.7. The number of para-hydroxylation sites is 3. The van der Waals surface area contributed by atoms with Crippen molar-refractivity contribution in [2.45, 2.75) is 0 Å². The first-order valence-corrected chi connectivity index (χ1v) is 20.8. The minimum absolute atomic E-state index is 0.512. The molecule has 0 aliphatic rings. The number of benzene rings is 10. The van der Waals surface area contributed by atoms with E-state index in [1.165, 1.54) is 48.5 Å². The fourth-order valence-corrected chi connectivity index (χ4v) is 10.3. The molecule has 0 spiro atoms. The zero-order valence-corrected chi connectivity index (χ0v) is 32.7. The van der Waals surface area contributed by atoms with E-state index in [2.05, 4.69) is 185 Å². The highest BCUT2D eigenvalue weighted by molar-refractivity contribution is 6.36. The molecule has 0 bridgehead atoms. The van der Waals surface area contributed by atoms with Crippen molar-refractivity contribution >= 4 is 109 Å². The molecule has 282 valence electrons. The predicted molar refractivity (Wildman–Crippen MR) is 253 cm³/mol. The maximum Gasteiger partial charge on any atom is 0.247 e. The van der Waals surface area contributed by atoms with E-state index in [1.807, 2.05) is 18.2 Å². The third-order valence-corrected chi connectivity index (χ3v) is 12.9. The molecular formula is C56H32N4O. The first-order chi connectivity index (χ1) is 30.3. The van der Waals surface area contributed by atoms with Crippen LogP contribution < -0.4 is 0 Å². The number of hydrogen-bond acceptors (Lipinski definition) is 3. The topological polar surface area (TPSA) is 48.8 Å². The summed E-state index contributed by atoms with van der Waals surface area (Å²) in [5.74, 6) is 0.753. The van der Waals surface area contributed by atoms with Gasteiger partial charge in [-0.2, -0.15) is 0 Å². The lowest BCUT2D eigenvalue weighted by molar-refractivity contribution is 0.653. The van der Waals surface area contributed by atoms with Gasteiger partial charge in [-0.25, -0.2) is 9.97 Å². The summed E-state index contributed by atoms with van der Waals surface area (Å²) in [7, 11) is 0. The standard InChI is InChI=1S/C56H32N4O/c1-2-17-35(18-3-1)59-45-26-12-10-23-41(45)50-43(25-14-27-46(50)59)53-55(57-54-42-24-11-13-28-49(42)61-56(54)58-53)60-47-30-29-40-38-21-7-6-19-36(38)37-20-8-9-22-39(37)51(40)52(47)44-31-33-15-4-5-16-34(33)32-48(44)60/h1-32H. The maximum absolute atomic E-state index is 6.55. The number of furan rings is 1. The van der Waals surface area contributed by atoms with Crippen LogP contribution in [0.4, 0.5) is 0 Å².